The Labute approximate surface area is 228 Å². The van der Waals surface area contributed by atoms with E-state index in [-0.39, 0.29) is 17.4 Å². The van der Waals surface area contributed by atoms with Crippen LogP contribution in [0.2, 0.25) is 10.0 Å². The molecule has 2 aliphatic rings. The maximum absolute atomic E-state index is 14.1. The molecule has 1 saturated heterocycles. The first-order valence-corrected chi connectivity index (χ1v) is 12.8. The zero-order valence-corrected chi connectivity index (χ0v) is 21.6. The van der Waals surface area contributed by atoms with Gasteiger partial charge in [0.1, 0.15) is 11.9 Å². The summed E-state index contributed by atoms with van der Waals surface area (Å²) in [6.45, 7) is 0.954. The SMILES string of the molecule is O=C(N[C@@H](Cc1ccc(N2C(=O)C3(CCOCC3)c3cccc(Cl)c32)cc1)C(=O)O)c1c(F)cccc1Cl. The molecular weight excluding hydrogens is 534 g/mol. The number of hydrogen-bond donors (Lipinski definition) is 2. The monoisotopic (exact) mass is 556 g/mol. The summed E-state index contributed by atoms with van der Waals surface area (Å²) in [5, 5.41) is 12.4. The van der Waals surface area contributed by atoms with Crippen molar-refractivity contribution in [2.24, 2.45) is 0 Å². The van der Waals surface area contributed by atoms with Gasteiger partial charge in [-0.25, -0.2) is 9.18 Å². The first-order valence-electron chi connectivity index (χ1n) is 12.0. The molecule has 3 aromatic carbocycles. The Morgan fingerprint density at radius 3 is 2.34 bits per heavy atom. The molecule has 0 bridgehead atoms. The highest BCUT2D eigenvalue weighted by Gasteiger charge is 2.52. The van der Waals surface area contributed by atoms with Gasteiger partial charge in [0, 0.05) is 25.3 Å². The molecule has 7 nitrogen and oxygen atoms in total. The Balaban J connectivity index is 1.39. The van der Waals surface area contributed by atoms with Crippen molar-refractivity contribution < 1.29 is 28.6 Å². The van der Waals surface area contributed by atoms with Crippen LogP contribution in [0.4, 0.5) is 15.8 Å². The van der Waals surface area contributed by atoms with E-state index in [1.54, 1.807) is 35.2 Å². The average molecular weight is 557 g/mol. The van der Waals surface area contributed by atoms with E-state index < -0.39 is 34.7 Å². The van der Waals surface area contributed by atoms with Crippen LogP contribution in [0.5, 0.6) is 0 Å². The zero-order chi connectivity index (χ0) is 27.0. The van der Waals surface area contributed by atoms with Crippen molar-refractivity contribution in [3.05, 3.63) is 93.2 Å². The Morgan fingerprint density at radius 1 is 1.03 bits per heavy atom. The largest absolute Gasteiger partial charge is 0.480 e. The Morgan fingerprint density at radius 2 is 1.68 bits per heavy atom. The number of hydrogen-bond acceptors (Lipinski definition) is 4. The number of rotatable bonds is 6. The number of halogens is 3. The molecule has 38 heavy (non-hydrogen) atoms. The van der Waals surface area contributed by atoms with Crippen LogP contribution < -0.4 is 10.2 Å². The number of carboxylic acid groups (broad SMARTS) is 1. The number of para-hydroxylation sites is 1. The molecule has 1 atom stereocenters. The predicted molar refractivity (Wildman–Crippen MR) is 141 cm³/mol. The standard InChI is InChI=1S/C28H23Cl2FN2O5/c29-19-4-2-6-21(31)23(19)25(34)32-22(26(35)36)15-16-7-9-17(10-8-16)33-24-18(3-1-5-20(24)30)28(27(33)37)11-13-38-14-12-28/h1-10,22H,11-15H2,(H,32,34)(H,35,36)/t22-/m0/s1. The molecule has 10 heteroatoms. The molecule has 3 aromatic rings. The van der Waals surface area contributed by atoms with Crippen LogP contribution in [0.15, 0.2) is 60.7 Å². The first-order chi connectivity index (χ1) is 18.2. The smallest absolute Gasteiger partial charge is 0.326 e. The summed E-state index contributed by atoms with van der Waals surface area (Å²) in [5.41, 5.74) is 1.58. The fourth-order valence-corrected chi connectivity index (χ4v) is 5.68. The van der Waals surface area contributed by atoms with E-state index in [0.717, 1.165) is 11.6 Å². The van der Waals surface area contributed by atoms with Crippen LogP contribution in [0.3, 0.4) is 0 Å². The van der Waals surface area contributed by atoms with Gasteiger partial charge in [-0.15, -0.1) is 0 Å². The first kappa shape index (κ1) is 26.2. The van der Waals surface area contributed by atoms with E-state index in [4.69, 9.17) is 27.9 Å². The molecule has 2 N–H and O–H groups in total. The zero-order valence-electron chi connectivity index (χ0n) is 20.0. The number of carbonyl (C=O) groups is 3. The van der Waals surface area contributed by atoms with Gasteiger partial charge in [0.15, 0.2) is 0 Å². The van der Waals surface area contributed by atoms with Gasteiger partial charge in [0.2, 0.25) is 5.91 Å². The van der Waals surface area contributed by atoms with Crippen molar-refractivity contribution in [3.8, 4) is 0 Å². The van der Waals surface area contributed by atoms with Gasteiger partial charge in [0.05, 0.1) is 26.7 Å². The maximum Gasteiger partial charge on any atom is 0.326 e. The number of amides is 2. The Kier molecular flexibility index (Phi) is 7.13. The molecule has 5 rings (SSSR count). The quantitative estimate of drug-likeness (QED) is 0.430. The summed E-state index contributed by atoms with van der Waals surface area (Å²) in [7, 11) is 0. The Hall–Kier alpha value is -3.46. The minimum Gasteiger partial charge on any atom is -0.480 e. The predicted octanol–water partition coefficient (Wildman–Crippen LogP) is 5.28. The van der Waals surface area contributed by atoms with Gasteiger partial charge in [0.25, 0.3) is 5.91 Å². The molecule has 0 unspecified atom stereocenters. The molecular formula is C28H23Cl2FN2O5. The van der Waals surface area contributed by atoms with E-state index in [9.17, 15) is 23.9 Å². The number of fused-ring (bicyclic) bond motifs is 2. The highest BCUT2D eigenvalue weighted by molar-refractivity contribution is 6.35. The number of carboxylic acids is 1. The highest BCUT2D eigenvalue weighted by atomic mass is 35.5. The summed E-state index contributed by atoms with van der Waals surface area (Å²) >= 11 is 12.5. The second-order valence-electron chi connectivity index (χ2n) is 9.30. The third-order valence-corrected chi connectivity index (χ3v) is 7.73. The van der Waals surface area contributed by atoms with Gasteiger partial charge in [-0.3, -0.25) is 14.5 Å². The van der Waals surface area contributed by atoms with Crippen LogP contribution in [0.25, 0.3) is 0 Å². The van der Waals surface area contributed by atoms with Gasteiger partial charge >= 0.3 is 5.97 Å². The summed E-state index contributed by atoms with van der Waals surface area (Å²) in [4.78, 5) is 39.9. The molecule has 2 heterocycles. The molecule has 0 aromatic heterocycles. The summed E-state index contributed by atoms with van der Waals surface area (Å²) in [6, 6.07) is 14.8. The summed E-state index contributed by atoms with van der Waals surface area (Å²) < 4.78 is 19.6. The fourth-order valence-electron chi connectivity index (χ4n) is 5.17. The van der Waals surface area contributed by atoms with E-state index >= 15 is 0 Å². The van der Waals surface area contributed by atoms with Crippen LogP contribution in [-0.2, 0) is 26.2 Å². The van der Waals surface area contributed by atoms with Crippen molar-refractivity contribution in [1.82, 2.24) is 5.32 Å². The number of anilines is 2. The van der Waals surface area contributed by atoms with Crippen molar-refractivity contribution in [2.45, 2.75) is 30.7 Å². The molecule has 1 spiro atoms. The Bertz CT molecular complexity index is 1400. The van der Waals surface area contributed by atoms with Crippen molar-refractivity contribution in [3.63, 3.8) is 0 Å². The van der Waals surface area contributed by atoms with Gasteiger partial charge in [-0.1, -0.05) is 53.5 Å². The number of benzene rings is 3. The number of carbonyl (C=O) groups excluding carboxylic acids is 2. The number of nitrogens with one attached hydrogen (secondary N) is 1. The highest BCUT2D eigenvalue weighted by Crippen LogP contribution is 2.52. The lowest BCUT2D eigenvalue weighted by atomic mass is 9.75. The van der Waals surface area contributed by atoms with Crippen LogP contribution in [0, 0.1) is 5.82 Å². The lowest BCUT2D eigenvalue weighted by Gasteiger charge is -2.32. The van der Waals surface area contributed by atoms with Crippen LogP contribution in [-0.4, -0.2) is 42.1 Å². The van der Waals surface area contributed by atoms with Crippen LogP contribution in [0.1, 0.15) is 34.3 Å². The lowest BCUT2D eigenvalue weighted by molar-refractivity contribution is -0.139. The topological polar surface area (TPSA) is 95.9 Å². The van der Waals surface area contributed by atoms with Crippen molar-refractivity contribution >= 4 is 52.4 Å². The van der Waals surface area contributed by atoms with Crippen molar-refractivity contribution in [1.29, 1.82) is 0 Å². The summed E-state index contributed by atoms with van der Waals surface area (Å²) in [5.74, 6) is -3.13. The molecule has 0 radical (unpaired) electrons. The van der Waals surface area contributed by atoms with Gasteiger partial charge in [-0.2, -0.15) is 0 Å². The van der Waals surface area contributed by atoms with E-state index in [1.165, 1.54) is 12.1 Å². The molecule has 1 fully saturated rings. The minimum absolute atomic E-state index is 0.0695. The third-order valence-electron chi connectivity index (χ3n) is 7.11. The second kappa shape index (κ2) is 10.4. The third kappa shape index (κ3) is 4.53. The maximum atomic E-state index is 14.1. The van der Waals surface area contributed by atoms with Gasteiger partial charge in [-0.05, 0) is 54.3 Å². The normalized spacial score (nSPS) is 16.8. The molecule has 0 aliphatic carbocycles. The van der Waals surface area contributed by atoms with E-state index in [2.05, 4.69) is 5.32 Å². The number of ether oxygens (including phenoxy) is 1. The fraction of sp³-hybridized carbons (Fsp3) is 0.250. The van der Waals surface area contributed by atoms with Gasteiger partial charge < -0.3 is 15.2 Å². The average Bonchev–Trinajstić information content (AvgIpc) is 3.13. The molecule has 0 saturated carbocycles. The number of aliphatic carboxylic acids is 1. The van der Waals surface area contributed by atoms with Crippen molar-refractivity contribution in [2.75, 3.05) is 18.1 Å². The number of nitrogens with zero attached hydrogens (tertiary/aromatic N) is 1. The molecule has 2 amide bonds. The van der Waals surface area contributed by atoms with E-state index in [0.29, 0.717) is 48.0 Å². The minimum atomic E-state index is -1.34. The summed E-state index contributed by atoms with van der Waals surface area (Å²) in [6.07, 6.45) is 1.04. The van der Waals surface area contributed by atoms with E-state index in [1.807, 2.05) is 12.1 Å². The molecule has 196 valence electrons. The van der Waals surface area contributed by atoms with Crippen LogP contribution >= 0.6 is 23.2 Å². The second-order valence-corrected chi connectivity index (χ2v) is 10.1. The molecule has 2 aliphatic heterocycles. The lowest BCUT2D eigenvalue weighted by Crippen LogP contribution is -2.43.